The molecule has 0 radical (unpaired) electrons. The van der Waals surface area contributed by atoms with Gasteiger partial charge in [0.05, 0.1) is 11.5 Å². The van der Waals surface area contributed by atoms with Crippen molar-refractivity contribution in [1.29, 1.82) is 0 Å². The molecule has 37 heavy (non-hydrogen) atoms. The number of halogens is 4. The van der Waals surface area contributed by atoms with E-state index >= 15 is 0 Å². The van der Waals surface area contributed by atoms with Crippen molar-refractivity contribution in [2.75, 3.05) is 12.3 Å². The van der Waals surface area contributed by atoms with Crippen molar-refractivity contribution in [2.24, 2.45) is 5.92 Å². The van der Waals surface area contributed by atoms with Crippen molar-refractivity contribution in [1.82, 2.24) is 14.7 Å². The number of aliphatic hydroxyl groups excluding tert-OH is 1. The number of carboxylic acid groups (broad SMARTS) is 1. The first-order valence-electron chi connectivity index (χ1n) is 10.6. The molecule has 1 heterocycles. The maximum Gasteiger partial charge on any atom is 0.490 e. The van der Waals surface area contributed by atoms with Gasteiger partial charge in [0.2, 0.25) is 16.0 Å². The van der Waals surface area contributed by atoms with Crippen molar-refractivity contribution in [3.63, 3.8) is 0 Å². The molecule has 0 saturated heterocycles. The molecule has 0 bridgehead atoms. The molecule has 0 aliphatic rings. The Morgan fingerprint density at radius 2 is 1.62 bits per heavy atom. The summed E-state index contributed by atoms with van der Waals surface area (Å²) in [7, 11) is -3.94. The molecule has 0 saturated carbocycles. The highest BCUT2D eigenvalue weighted by Crippen LogP contribution is 2.31. The van der Waals surface area contributed by atoms with Crippen LogP contribution in [-0.4, -0.2) is 53.4 Å². The molecule has 5 N–H and O–H groups in total. The zero-order valence-electron chi connectivity index (χ0n) is 19.6. The SMILES string of the molecule is CC(C)[C@H](CO)NS(=O)(=O)c1ccccc1-c1ccc(-c2cnc(N)nc2)c(F)c1.O=C(O)C(F)(F)F. The first kappa shape index (κ1) is 29.6. The summed E-state index contributed by atoms with van der Waals surface area (Å²) in [4.78, 5) is 16.6. The molecule has 0 fully saturated rings. The second-order valence-electron chi connectivity index (χ2n) is 7.98. The molecule has 0 spiro atoms. The van der Waals surface area contributed by atoms with Gasteiger partial charge in [-0.15, -0.1) is 0 Å². The first-order valence-corrected chi connectivity index (χ1v) is 12.1. The predicted molar refractivity (Wildman–Crippen MR) is 127 cm³/mol. The Bertz CT molecular complexity index is 1330. The van der Waals surface area contributed by atoms with Crippen LogP contribution in [-0.2, 0) is 14.8 Å². The third kappa shape index (κ3) is 7.93. The first-order chi connectivity index (χ1) is 17.2. The number of aromatic nitrogens is 2. The average molecular weight is 545 g/mol. The van der Waals surface area contributed by atoms with Crippen molar-refractivity contribution in [3.8, 4) is 22.3 Å². The summed E-state index contributed by atoms with van der Waals surface area (Å²) in [5, 5.41) is 16.6. The second kappa shape index (κ2) is 12.1. The van der Waals surface area contributed by atoms with Crippen LogP contribution in [0, 0.1) is 11.7 Å². The molecule has 200 valence electrons. The Kier molecular flexibility index (Phi) is 9.67. The lowest BCUT2D eigenvalue weighted by atomic mass is 10.0. The Hall–Kier alpha value is -3.62. The number of benzene rings is 2. The van der Waals surface area contributed by atoms with Crippen LogP contribution in [0.15, 0.2) is 59.8 Å². The van der Waals surface area contributed by atoms with Gasteiger partial charge in [0.25, 0.3) is 0 Å². The highest BCUT2D eigenvalue weighted by molar-refractivity contribution is 7.89. The molecule has 3 aromatic rings. The van der Waals surface area contributed by atoms with Crippen LogP contribution in [0.25, 0.3) is 22.3 Å². The highest BCUT2D eigenvalue weighted by atomic mass is 32.2. The molecule has 9 nitrogen and oxygen atoms in total. The summed E-state index contributed by atoms with van der Waals surface area (Å²) in [5.74, 6) is -3.32. The lowest BCUT2D eigenvalue weighted by Crippen LogP contribution is -2.41. The number of aliphatic carboxylic acids is 1. The van der Waals surface area contributed by atoms with E-state index in [1.54, 1.807) is 30.3 Å². The second-order valence-corrected chi connectivity index (χ2v) is 9.66. The molecular formula is C23H24F4N4O5S. The minimum Gasteiger partial charge on any atom is -0.475 e. The van der Waals surface area contributed by atoms with E-state index in [-0.39, 0.29) is 28.9 Å². The van der Waals surface area contributed by atoms with Crippen LogP contribution in [0.4, 0.5) is 23.5 Å². The van der Waals surface area contributed by atoms with Gasteiger partial charge < -0.3 is 15.9 Å². The largest absolute Gasteiger partial charge is 0.490 e. The predicted octanol–water partition coefficient (Wildman–Crippen LogP) is 3.46. The Morgan fingerprint density at radius 1 is 1.05 bits per heavy atom. The van der Waals surface area contributed by atoms with Gasteiger partial charge in [0.1, 0.15) is 5.82 Å². The summed E-state index contributed by atoms with van der Waals surface area (Å²) in [6.07, 6.45) is -2.24. The molecule has 3 rings (SSSR count). The van der Waals surface area contributed by atoms with Crippen LogP contribution >= 0.6 is 0 Å². The van der Waals surface area contributed by atoms with Gasteiger partial charge in [0.15, 0.2) is 0 Å². The lowest BCUT2D eigenvalue weighted by molar-refractivity contribution is -0.192. The van der Waals surface area contributed by atoms with Gasteiger partial charge >= 0.3 is 12.1 Å². The van der Waals surface area contributed by atoms with E-state index in [2.05, 4.69) is 14.7 Å². The molecule has 0 amide bonds. The number of carboxylic acids is 1. The number of hydrogen-bond acceptors (Lipinski definition) is 7. The van der Waals surface area contributed by atoms with E-state index < -0.39 is 34.0 Å². The monoisotopic (exact) mass is 544 g/mol. The number of hydrogen-bond donors (Lipinski definition) is 4. The third-order valence-electron chi connectivity index (χ3n) is 4.99. The molecule has 1 atom stereocenters. The minimum absolute atomic E-state index is 0.00654. The molecule has 2 aromatic carbocycles. The fourth-order valence-corrected chi connectivity index (χ4v) is 4.59. The average Bonchev–Trinajstić information content (AvgIpc) is 2.83. The summed E-state index contributed by atoms with van der Waals surface area (Å²) in [5.41, 5.74) is 6.95. The number of aliphatic hydroxyl groups is 1. The quantitative estimate of drug-likeness (QED) is 0.330. The zero-order valence-corrected chi connectivity index (χ0v) is 20.4. The van der Waals surface area contributed by atoms with Gasteiger partial charge in [0, 0.05) is 35.1 Å². The number of alkyl halides is 3. The van der Waals surface area contributed by atoms with Gasteiger partial charge in [-0.3, -0.25) is 0 Å². The van der Waals surface area contributed by atoms with Crippen molar-refractivity contribution in [3.05, 3.63) is 60.7 Å². The fraction of sp³-hybridized carbons (Fsp3) is 0.261. The highest BCUT2D eigenvalue weighted by Gasteiger charge is 2.38. The lowest BCUT2D eigenvalue weighted by Gasteiger charge is -2.21. The third-order valence-corrected chi connectivity index (χ3v) is 6.54. The summed E-state index contributed by atoms with van der Waals surface area (Å²) < 4.78 is 75.0. The van der Waals surface area contributed by atoms with E-state index in [4.69, 9.17) is 15.6 Å². The van der Waals surface area contributed by atoms with Gasteiger partial charge in [-0.05, 0) is 23.6 Å². The van der Waals surface area contributed by atoms with E-state index in [9.17, 15) is 31.1 Å². The van der Waals surface area contributed by atoms with E-state index in [0.29, 0.717) is 16.7 Å². The van der Waals surface area contributed by atoms with Crippen molar-refractivity contribution < 1.29 is 41.0 Å². The number of nitrogens with two attached hydrogens (primary N) is 1. The van der Waals surface area contributed by atoms with Crippen LogP contribution < -0.4 is 10.5 Å². The van der Waals surface area contributed by atoms with E-state index in [1.807, 2.05) is 13.8 Å². The maximum atomic E-state index is 14.8. The van der Waals surface area contributed by atoms with Gasteiger partial charge in [-0.2, -0.15) is 13.2 Å². The van der Waals surface area contributed by atoms with Crippen LogP contribution in [0.3, 0.4) is 0 Å². The maximum absolute atomic E-state index is 14.8. The van der Waals surface area contributed by atoms with E-state index in [0.717, 1.165) is 0 Å². The Labute approximate surface area is 210 Å². The normalized spacial score (nSPS) is 12.5. The zero-order chi connectivity index (χ0) is 28.0. The van der Waals surface area contributed by atoms with E-state index in [1.165, 1.54) is 24.5 Å². The Morgan fingerprint density at radius 3 is 2.11 bits per heavy atom. The van der Waals surface area contributed by atoms with Crippen LogP contribution in [0.2, 0.25) is 0 Å². The van der Waals surface area contributed by atoms with Crippen LogP contribution in [0.1, 0.15) is 13.8 Å². The number of nitrogens with one attached hydrogen (secondary N) is 1. The fourth-order valence-electron chi connectivity index (χ4n) is 2.98. The smallest absolute Gasteiger partial charge is 0.475 e. The molecular weight excluding hydrogens is 520 g/mol. The Balaban J connectivity index is 0.000000604. The van der Waals surface area contributed by atoms with Gasteiger partial charge in [-0.25, -0.2) is 32.3 Å². The number of rotatable bonds is 7. The molecule has 0 aliphatic heterocycles. The topological polar surface area (TPSA) is 156 Å². The summed E-state index contributed by atoms with van der Waals surface area (Å²) in [6.45, 7) is 3.29. The number of sulfonamides is 1. The number of nitrogen functional groups attached to an aromatic ring is 1. The summed E-state index contributed by atoms with van der Waals surface area (Å²) >= 11 is 0. The van der Waals surface area contributed by atoms with Crippen molar-refractivity contribution in [2.45, 2.75) is 31.0 Å². The summed E-state index contributed by atoms with van der Waals surface area (Å²) in [6, 6.07) is 10.2. The standard InChI is InChI=1S/C21H23FN4O3S.C2HF3O2/c1-13(2)19(12-27)26-30(28,29)20-6-4-3-5-17(20)14-7-8-16(18(22)9-14)15-10-24-21(23)25-11-15;3-2(4,5)1(6)7/h3-11,13,19,26-27H,12H2,1-2H3,(H2,23,24,25);(H,6,7)/t19-;/m0./s1. The number of nitrogens with zero attached hydrogens (tertiary/aromatic N) is 2. The van der Waals surface area contributed by atoms with Gasteiger partial charge in [-0.1, -0.05) is 44.2 Å². The minimum atomic E-state index is -5.08. The molecule has 1 aromatic heterocycles. The molecule has 0 aliphatic carbocycles. The van der Waals surface area contributed by atoms with Crippen LogP contribution in [0.5, 0.6) is 0 Å². The van der Waals surface area contributed by atoms with Crippen molar-refractivity contribution >= 4 is 21.9 Å². The molecule has 0 unspecified atom stereocenters. The molecule has 14 heteroatoms. The number of anilines is 1. The number of carbonyl (C=O) groups is 1.